The van der Waals surface area contributed by atoms with Gasteiger partial charge in [0.05, 0.1) is 18.7 Å². The molecule has 3 rings (SSSR count). The third kappa shape index (κ3) is 4.54. The predicted octanol–water partition coefficient (Wildman–Crippen LogP) is 3.64. The van der Waals surface area contributed by atoms with Crippen LogP contribution in [0.5, 0.6) is 5.75 Å². The molecule has 0 spiro atoms. The van der Waals surface area contributed by atoms with Crippen LogP contribution in [0.25, 0.3) is 0 Å². The van der Waals surface area contributed by atoms with Crippen molar-refractivity contribution < 1.29 is 27.5 Å². The minimum Gasteiger partial charge on any atom is -0.497 e. The van der Waals surface area contributed by atoms with Crippen LogP contribution < -0.4 is 20.3 Å². The van der Waals surface area contributed by atoms with Gasteiger partial charge in [-0.3, -0.25) is 4.79 Å². The van der Waals surface area contributed by atoms with Gasteiger partial charge in [-0.25, -0.2) is 4.79 Å². The van der Waals surface area contributed by atoms with E-state index in [1.54, 1.807) is 36.3 Å². The van der Waals surface area contributed by atoms with Crippen molar-refractivity contribution >= 4 is 23.3 Å². The Morgan fingerprint density at radius 3 is 2.32 bits per heavy atom. The third-order valence-corrected chi connectivity index (χ3v) is 4.31. The molecule has 1 saturated heterocycles. The molecular weight excluding hydrogens is 375 g/mol. The molecule has 6 nitrogen and oxygen atoms in total. The lowest BCUT2D eigenvalue weighted by Crippen LogP contribution is -2.39. The third-order valence-electron chi connectivity index (χ3n) is 4.31. The topological polar surface area (TPSA) is 70.7 Å². The highest BCUT2D eigenvalue weighted by atomic mass is 19.4. The summed E-state index contributed by atoms with van der Waals surface area (Å²) in [6, 6.07) is 10.1. The second kappa shape index (κ2) is 7.79. The molecule has 148 valence electrons. The lowest BCUT2D eigenvalue weighted by Gasteiger charge is -2.18. The maximum absolute atomic E-state index is 12.6. The molecule has 0 bridgehead atoms. The summed E-state index contributed by atoms with van der Waals surface area (Å²) >= 11 is 0. The molecule has 2 aromatic rings. The zero-order chi connectivity index (χ0) is 20.3. The summed E-state index contributed by atoms with van der Waals surface area (Å²) in [4.78, 5) is 25.9. The number of alkyl halides is 3. The first kappa shape index (κ1) is 19.5. The van der Waals surface area contributed by atoms with Crippen LogP contribution in [-0.2, 0) is 11.0 Å². The van der Waals surface area contributed by atoms with E-state index in [-0.39, 0.29) is 18.0 Å². The lowest BCUT2D eigenvalue weighted by atomic mass is 10.2. The van der Waals surface area contributed by atoms with E-state index in [0.29, 0.717) is 18.0 Å². The average Bonchev–Trinajstić information content (AvgIpc) is 3.01. The Balaban J connectivity index is 1.56. The number of nitrogens with one attached hydrogen (secondary N) is 2. The van der Waals surface area contributed by atoms with Crippen LogP contribution in [0.4, 0.5) is 29.3 Å². The lowest BCUT2D eigenvalue weighted by molar-refractivity contribution is -0.137. The number of rotatable bonds is 4. The van der Waals surface area contributed by atoms with E-state index < -0.39 is 23.8 Å². The van der Waals surface area contributed by atoms with Crippen molar-refractivity contribution in [1.29, 1.82) is 0 Å². The minimum absolute atomic E-state index is 0.131. The Morgan fingerprint density at radius 1 is 1.11 bits per heavy atom. The van der Waals surface area contributed by atoms with Crippen molar-refractivity contribution in [1.82, 2.24) is 5.32 Å². The molecule has 0 aromatic heterocycles. The van der Waals surface area contributed by atoms with E-state index in [9.17, 15) is 22.8 Å². The Morgan fingerprint density at radius 2 is 1.75 bits per heavy atom. The number of benzene rings is 2. The van der Waals surface area contributed by atoms with E-state index >= 15 is 0 Å². The van der Waals surface area contributed by atoms with E-state index in [2.05, 4.69) is 10.6 Å². The van der Waals surface area contributed by atoms with Crippen molar-refractivity contribution in [2.24, 2.45) is 0 Å². The summed E-state index contributed by atoms with van der Waals surface area (Å²) in [5, 5.41) is 5.13. The van der Waals surface area contributed by atoms with Gasteiger partial charge in [-0.1, -0.05) is 0 Å². The second-order valence-electron chi connectivity index (χ2n) is 6.28. The van der Waals surface area contributed by atoms with Crippen LogP contribution in [0.2, 0.25) is 0 Å². The fraction of sp³-hybridized carbons (Fsp3) is 0.263. The summed E-state index contributed by atoms with van der Waals surface area (Å²) in [6.07, 6.45) is -4.30. The standard InChI is InChI=1S/C19H18F3N3O3/c1-28-16-8-6-15(7-9-16)25-11-14(10-17(25)26)24-18(27)23-13-4-2-12(3-5-13)19(20,21)22/h2-9,14H,10-11H2,1H3,(H2,23,24,27)/t14-/m0/s1. The number of ether oxygens (including phenoxy) is 1. The normalized spacial score (nSPS) is 16.8. The van der Waals surface area contributed by atoms with Crippen LogP contribution in [0.1, 0.15) is 12.0 Å². The number of nitrogens with zero attached hydrogens (tertiary/aromatic N) is 1. The molecule has 28 heavy (non-hydrogen) atoms. The van der Waals surface area contributed by atoms with Gasteiger partial charge in [0.2, 0.25) is 5.91 Å². The van der Waals surface area contributed by atoms with Crippen molar-refractivity contribution in [3.63, 3.8) is 0 Å². The van der Waals surface area contributed by atoms with Gasteiger partial charge in [0.25, 0.3) is 0 Å². The Labute approximate surface area is 159 Å². The van der Waals surface area contributed by atoms with E-state index in [0.717, 1.165) is 12.1 Å². The highest BCUT2D eigenvalue weighted by molar-refractivity contribution is 5.97. The summed E-state index contributed by atoms with van der Waals surface area (Å²) in [6.45, 7) is 0.297. The molecule has 2 aromatic carbocycles. The summed E-state index contributed by atoms with van der Waals surface area (Å²) in [5.74, 6) is 0.533. The van der Waals surface area contributed by atoms with Crippen LogP contribution in [0, 0.1) is 0 Å². The van der Waals surface area contributed by atoms with Gasteiger partial charge in [0.15, 0.2) is 0 Å². The summed E-state index contributed by atoms with van der Waals surface area (Å²) < 4.78 is 42.8. The van der Waals surface area contributed by atoms with Crippen molar-refractivity contribution in [2.75, 3.05) is 23.9 Å². The van der Waals surface area contributed by atoms with Crippen molar-refractivity contribution in [3.8, 4) is 5.75 Å². The Hall–Kier alpha value is -3.23. The first-order chi connectivity index (χ1) is 13.3. The van der Waals surface area contributed by atoms with Crippen LogP contribution >= 0.6 is 0 Å². The molecule has 1 aliphatic rings. The number of amides is 3. The number of halogens is 3. The number of hydrogen-bond acceptors (Lipinski definition) is 3. The maximum Gasteiger partial charge on any atom is 0.416 e. The molecule has 9 heteroatoms. The molecule has 0 saturated carbocycles. The summed E-state index contributed by atoms with van der Waals surface area (Å²) in [5.41, 5.74) is 0.120. The Kier molecular flexibility index (Phi) is 5.43. The summed E-state index contributed by atoms with van der Waals surface area (Å²) in [7, 11) is 1.55. The monoisotopic (exact) mass is 393 g/mol. The van der Waals surface area contributed by atoms with E-state index in [4.69, 9.17) is 4.74 Å². The fourth-order valence-electron chi connectivity index (χ4n) is 2.91. The van der Waals surface area contributed by atoms with Gasteiger partial charge < -0.3 is 20.3 Å². The van der Waals surface area contributed by atoms with Gasteiger partial charge in [-0.15, -0.1) is 0 Å². The molecule has 2 N–H and O–H groups in total. The molecule has 0 radical (unpaired) electrons. The van der Waals surface area contributed by atoms with Gasteiger partial charge in [-0.2, -0.15) is 13.2 Å². The van der Waals surface area contributed by atoms with Gasteiger partial charge >= 0.3 is 12.2 Å². The second-order valence-corrected chi connectivity index (χ2v) is 6.28. The largest absolute Gasteiger partial charge is 0.497 e. The quantitative estimate of drug-likeness (QED) is 0.833. The zero-order valence-corrected chi connectivity index (χ0v) is 14.9. The molecule has 1 atom stereocenters. The van der Waals surface area contributed by atoms with Gasteiger partial charge in [0, 0.05) is 24.3 Å². The van der Waals surface area contributed by atoms with Crippen LogP contribution in [0.3, 0.4) is 0 Å². The first-order valence-corrected chi connectivity index (χ1v) is 8.45. The van der Waals surface area contributed by atoms with Gasteiger partial charge in [0.1, 0.15) is 5.75 Å². The fourth-order valence-corrected chi connectivity index (χ4v) is 2.91. The first-order valence-electron chi connectivity index (χ1n) is 8.45. The number of carbonyl (C=O) groups is 2. The highest BCUT2D eigenvalue weighted by Gasteiger charge is 2.32. The smallest absolute Gasteiger partial charge is 0.416 e. The SMILES string of the molecule is COc1ccc(N2C[C@@H](NC(=O)Nc3ccc(C(F)(F)F)cc3)CC2=O)cc1. The van der Waals surface area contributed by atoms with Crippen molar-refractivity contribution in [2.45, 2.75) is 18.6 Å². The number of carbonyl (C=O) groups excluding carboxylic acids is 2. The van der Waals surface area contributed by atoms with Crippen LogP contribution in [0.15, 0.2) is 48.5 Å². The molecule has 3 amide bonds. The minimum atomic E-state index is -4.43. The van der Waals surface area contributed by atoms with E-state index in [1.165, 1.54) is 12.1 Å². The number of methoxy groups -OCH3 is 1. The Bertz CT molecular complexity index is 851. The van der Waals surface area contributed by atoms with Crippen molar-refractivity contribution in [3.05, 3.63) is 54.1 Å². The predicted molar refractivity (Wildman–Crippen MR) is 97.4 cm³/mol. The average molecular weight is 393 g/mol. The maximum atomic E-state index is 12.6. The zero-order valence-electron chi connectivity index (χ0n) is 14.9. The van der Waals surface area contributed by atoms with Crippen LogP contribution in [-0.4, -0.2) is 31.6 Å². The van der Waals surface area contributed by atoms with E-state index in [1.807, 2.05) is 0 Å². The van der Waals surface area contributed by atoms with Gasteiger partial charge in [-0.05, 0) is 48.5 Å². The number of urea groups is 1. The molecule has 1 heterocycles. The highest BCUT2D eigenvalue weighted by Crippen LogP contribution is 2.30. The number of anilines is 2. The molecule has 1 aliphatic heterocycles. The molecule has 1 fully saturated rings. The molecular formula is C19H18F3N3O3. The molecule has 0 unspecified atom stereocenters. The number of hydrogen-bond donors (Lipinski definition) is 2. The molecule has 0 aliphatic carbocycles.